The summed E-state index contributed by atoms with van der Waals surface area (Å²) in [5.41, 5.74) is 0.901. The third kappa shape index (κ3) is 3.62. The largest absolute Gasteiger partial charge is 0.514 e. The maximum Gasteiger partial charge on any atom is 0.514 e. The Morgan fingerprint density at radius 2 is 2.04 bits per heavy atom. The molecule has 0 N–H and O–H groups in total. The summed E-state index contributed by atoms with van der Waals surface area (Å²) < 4.78 is 0. The van der Waals surface area contributed by atoms with Gasteiger partial charge in [-0.05, 0) is 52.0 Å². The van der Waals surface area contributed by atoms with Gasteiger partial charge >= 0.3 is 5.95 Å². The standard InChI is InChI=1S/C17H13N5O3S2/c23-14-10-11(5-6-12-3-1-7-26-12)9-13(15-4-2-8-27-15)16(14)21-19-17(18-20-21)22(24)25/h1-8,10,13,16H,9H2/t13-,16-/m1/s1. The van der Waals surface area contributed by atoms with E-state index in [9.17, 15) is 14.9 Å². The number of carbonyl (C=O) groups excluding carboxylic acids is 1. The van der Waals surface area contributed by atoms with Crippen LogP contribution >= 0.6 is 22.7 Å². The van der Waals surface area contributed by atoms with Crippen molar-refractivity contribution < 1.29 is 9.72 Å². The zero-order valence-electron chi connectivity index (χ0n) is 13.8. The summed E-state index contributed by atoms with van der Waals surface area (Å²) in [6, 6.07) is 7.09. The highest BCUT2D eigenvalue weighted by Crippen LogP contribution is 2.40. The predicted molar refractivity (Wildman–Crippen MR) is 102 cm³/mol. The van der Waals surface area contributed by atoms with Crippen LogP contribution in [0.4, 0.5) is 5.95 Å². The first-order chi connectivity index (χ1) is 13.1. The monoisotopic (exact) mass is 399 g/mol. The highest BCUT2D eigenvalue weighted by molar-refractivity contribution is 7.10. The van der Waals surface area contributed by atoms with E-state index in [-0.39, 0.29) is 11.7 Å². The average molecular weight is 399 g/mol. The Bertz CT molecular complexity index is 1020. The predicted octanol–water partition coefficient (Wildman–Crippen LogP) is 3.64. The molecule has 0 radical (unpaired) electrons. The van der Waals surface area contributed by atoms with Crippen LogP contribution in [0.2, 0.25) is 0 Å². The van der Waals surface area contributed by atoms with Crippen molar-refractivity contribution in [1.29, 1.82) is 0 Å². The molecule has 0 aromatic carbocycles. The number of hydrogen-bond donors (Lipinski definition) is 0. The van der Waals surface area contributed by atoms with Gasteiger partial charge in [0.2, 0.25) is 0 Å². The van der Waals surface area contributed by atoms with Crippen LogP contribution in [0.3, 0.4) is 0 Å². The van der Waals surface area contributed by atoms with Crippen molar-refractivity contribution in [3.8, 4) is 0 Å². The van der Waals surface area contributed by atoms with Gasteiger partial charge in [0.1, 0.15) is 0 Å². The molecule has 0 unspecified atom stereocenters. The molecule has 0 spiro atoms. The van der Waals surface area contributed by atoms with Gasteiger partial charge in [0.05, 0.1) is 10.2 Å². The van der Waals surface area contributed by atoms with Crippen LogP contribution in [0, 0.1) is 10.1 Å². The van der Waals surface area contributed by atoms with E-state index in [2.05, 4.69) is 15.4 Å². The van der Waals surface area contributed by atoms with E-state index in [0.717, 1.165) is 20.1 Å². The van der Waals surface area contributed by atoms with Crippen LogP contribution in [0.25, 0.3) is 6.08 Å². The molecule has 0 amide bonds. The van der Waals surface area contributed by atoms with Gasteiger partial charge < -0.3 is 10.1 Å². The van der Waals surface area contributed by atoms with Crippen LogP contribution in [0.5, 0.6) is 0 Å². The molecule has 1 aliphatic carbocycles. The fraction of sp³-hybridized carbons (Fsp3) is 0.176. The lowest BCUT2D eigenvalue weighted by atomic mass is 9.82. The van der Waals surface area contributed by atoms with Gasteiger partial charge in [-0.25, -0.2) is 0 Å². The van der Waals surface area contributed by atoms with Crippen molar-refractivity contribution in [3.05, 3.63) is 72.6 Å². The summed E-state index contributed by atoms with van der Waals surface area (Å²) in [5, 5.41) is 25.8. The first kappa shape index (κ1) is 17.4. The molecule has 136 valence electrons. The van der Waals surface area contributed by atoms with Gasteiger partial charge in [-0.1, -0.05) is 23.0 Å². The summed E-state index contributed by atoms with van der Waals surface area (Å²) in [6.45, 7) is 0. The summed E-state index contributed by atoms with van der Waals surface area (Å²) in [7, 11) is 0. The first-order valence-corrected chi connectivity index (χ1v) is 9.81. The summed E-state index contributed by atoms with van der Waals surface area (Å²) in [5.74, 6) is -1.02. The highest BCUT2D eigenvalue weighted by atomic mass is 32.1. The zero-order valence-corrected chi connectivity index (χ0v) is 15.5. The summed E-state index contributed by atoms with van der Waals surface area (Å²) in [4.78, 5) is 26.2. The van der Waals surface area contributed by atoms with Crippen LogP contribution in [-0.4, -0.2) is 30.9 Å². The quantitative estimate of drug-likeness (QED) is 0.479. The number of thiophene rings is 2. The number of hydrogen-bond acceptors (Lipinski definition) is 8. The number of allylic oxidation sites excluding steroid dienone is 3. The van der Waals surface area contributed by atoms with Crippen molar-refractivity contribution in [1.82, 2.24) is 20.2 Å². The molecular formula is C17H13N5O3S2. The molecule has 0 saturated heterocycles. The van der Waals surface area contributed by atoms with Crippen molar-refractivity contribution in [2.24, 2.45) is 0 Å². The number of nitro groups is 1. The fourth-order valence-electron chi connectivity index (χ4n) is 3.02. The topological polar surface area (TPSA) is 104 Å². The average Bonchev–Trinajstić information content (AvgIpc) is 3.41. The van der Waals surface area contributed by atoms with Gasteiger partial charge in [0.15, 0.2) is 11.8 Å². The Kier molecular flexibility index (Phi) is 4.73. The third-order valence-corrected chi connectivity index (χ3v) is 6.04. The molecule has 0 saturated carbocycles. The smallest absolute Gasteiger partial charge is 0.390 e. The second kappa shape index (κ2) is 7.33. The van der Waals surface area contributed by atoms with Gasteiger partial charge in [-0.15, -0.1) is 22.7 Å². The van der Waals surface area contributed by atoms with Crippen molar-refractivity contribution >= 4 is 40.5 Å². The molecule has 10 heteroatoms. The molecule has 0 bridgehead atoms. The van der Waals surface area contributed by atoms with Crippen molar-refractivity contribution in [2.75, 3.05) is 0 Å². The molecule has 3 aromatic rings. The van der Waals surface area contributed by atoms with Gasteiger partial charge in [0.25, 0.3) is 0 Å². The second-order valence-electron chi connectivity index (χ2n) is 5.91. The van der Waals surface area contributed by atoms with E-state index in [0.29, 0.717) is 6.42 Å². The van der Waals surface area contributed by atoms with E-state index in [1.54, 1.807) is 17.4 Å². The normalized spacial score (nSPS) is 20.1. The van der Waals surface area contributed by atoms with Gasteiger partial charge in [0, 0.05) is 20.9 Å². The Labute approximate surface area is 161 Å². The van der Waals surface area contributed by atoms with Gasteiger partial charge in [-0.2, -0.15) is 0 Å². The van der Waals surface area contributed by atoms with E-state index in [4.69, 9.17) is 0 Å². The Morgan fingerprint density at radius 3 is 2.70 bits per heavy atom. The number of aromatic nitrogens is 4. The van der Waals surface area contributed by atoms with E-state index in [1.807, 2.05) is 47.2 Å². The molecule has 3 aromatic heterocycles. The lowest BCUT2D eigenvalue weighted by molar-refractivity contribution is -0.394. The SMILES string of the molecule is O=C1C=C(C=Cc2cccs2)C[C@H](c2cccs2)[C@H]1n1nnc([N+](=O)[O-])n1. The van der Waals surface area contributed by atoms with E-state index in [1.165, 1.54) is 11.3 Å². The highest BCUT2D eigenvalue weighted by Gasteiger charge is 2.39. The molecule has 2 atom stereocenters. The molecule has 0 fully saturated rings. The van der Waals surface area contributed by atoms with Crippen LogP contribution in [0.1, 0.15) is 28.1 Å². The molecule has 27 heavy (non-hydrogen) atoms. The fourth-order valence-corrected chi connectivity index (χ4v) is 4.50. The van der Waals surface area contributed by atoms with E-state index >= 15 is 0 Å². The molecule has 8 nitrogen and oxygen atoms in total. The number of nitrogens with zero attached hydrogens (tertiary/aromatic N) is 5. The molecule has 0 aliphatic heterocycles. The molecule has 3 heterocycles. The molecule has 1 aliphatic rings. The number of carbonyl (C=O) groups is 1. The Hall–Kier alpha value is -2.98. The maximum absolute atomic E-state index is 12.8. The molecular weight excluding hydrogens is 386 g/mol. The van der Waals surface area contributed by atoms with Crippen molar-refractivity contribution in [2.45, 2.75) is 18.4 Å². The molecule has 4 rings (SSSR count). The lowest BCUT2D eigenvalue weighted by Gasteiger charge is -2.26. The van der Waals surface area contributed by atoms with Gasteiger partial charge in [-0.3, -0.25) is 4.79 Å². The minimum absolute atomic E-state index is 0.197. The number of rotatable bonds is 5. The van der Waals surface area contributed by atoms with Crippen molar-refractivity contribution in [3.63, 3.8) is 0 Å². The maximum atomic E-state index is 12.8. The Morgan fingerprint density at radius 1 is 1.22 bits per heavy atom. The lowest BCUT2D eigenvalue weighted by Crippen LogP contribution is -2.30. The van der Waals surface area contributed by atoms with E-state index < -0.39 is 16.9 Å². The van der Waals surface area contributed by atoms with Crippen LogP contribution in [0.15, 0.2) is 52.8 Å². The summed E-state index contributed by atoms with van der Waals surface area (Å²) >= 11 is 3.16. The first-order valence-electron chi connectivity index (χ1n) is 8.05. The number of ketones is 1. The minimum atomic E-state index is -0.747. The number of tetrazole rings is 1. The van der Waals surface area contributed by atoms with Crippen LogP contribution < -0.4 is 0 Å². The third-order valence-electron chi connectivity index (χ3n) is 4.20. The summed E-state index contributed by atoms with van der Waals surface area (Å²) in [6.07, 6.45) is 6.09. The Balaban J connectivity index is 1.68. The minimum Gasteiger partial charge on any atom is -0.390 e. The van der Waals surface area contributed by atoms with Crippen LogP contribution in [-0.2, 0) is 4.79 Å². The second-order valence-corrected chi connectivity index (χ2v) is 7.87. The zero-order chi connectivity index (χ0) is 18.8.